The van der Waals surface area contributed by atoms with E-state index < -0.39 is 0 Å². The van der Waals surface area contributed by atoms with Gasteiger partial charge in [-0.3, -0.25) is 0 Å². The van der Waals surface area contributed by atoms with Gasteiger partial charge in [0.05, 0.1) is 25.9 Å². The molecule has 0 heterocycles. The summed E-state index contributed by atoms with van der Waals surface area (Å²) in [7, 11) is 0. The first kappa shape index (κ1) is 12.2. The van der Waals surface area contributed by atoms with Crippen LogP contribution in [0.3, 0.4) is 0 Å². The molecule has 0 spiro atoms. The predicted octanol–water partition coefficient (Wildman–Crippen LogP) is 2.94. The van der Waals surface area contributed by atoms with Gasteiger partial charge in [-0.25, -0.2) is 0 Å². The second-order valence-electron chi connectivity index (χ2n) is 3.96. The molecule has 0 saturated carbocycles. The van der Waals surface area contributed by atoms with Gasteiger partial charge >= 0.3 is 0 Å². The third kappa shape index (κ3) is 5.55. The zero-order valence-electron chi connectivity index (χ0n) is 9.82. The topological polar surface area (TPSA) is 18.5 Å². The van der Waals surface area contributed by atoms with E-state index >= 15 is 0 Å². The molecule has 0 aromatic heterocycles. The normalized spacial score (nSPS) is 10.9. The SMILES string of the molecule is Cc1ccc(COCCOC(C)C)cc1. The van der Waals surface area contributed by atoms with Crippen molar-refractivity contribution in [1.82, 2.24) is 0 Å². The van der Waals surface area contributed by atoms with Gasteiger partial charge in [0.25, 0.3) is 0 Å². The Morgan fingerprint density at radius 3 is 2.33 bits per heavy atom. The van der Waals surface area contributed by atoms with Crippen LogP contribution in [0.2, 0.25) is 0 Å². The molecule has 0 radical (unpaired) electrons. The number of aryl methyl sites for hydroxylation is 1. The molecule has 1 aromatic rings. The van der Waals surface area contributed by atoms with Crippen LogP contribution in [0.5, 0.6) is 0 Å². The minimum Gasteiger partial charge on any atom is -0.376 e. The van der Waals surface area contributed by atoms with Crippen LogP contribution in [0.4, 0.5) is 0 Å². The number of hydrogen-bond donors (Lipinski definition) is 0. The lowest BCUT2D eigenvalue weighted by Gasteiger charge is -2.08. The summed E-state index contributed by atoms with van der Waals surface area (Å²) in [4.78, 5) is 0. The molecule has 2 nitrogen and oxygen atoms in total. The van der Waals surface area contributed by atoms with E-state index in [1.165, 1.54) is 11.1 Å². The molecular formula is C13H20O2. The fraction of sp³-hybridized carbons (Fsp3) is 0.538. The van der Waals surface area contributed by atoms with Crippen LogP contribution in [-0.2, 0) is 16.1 Å². The molecule has 0 bridgehead atoms. The van der Waals surface area contributed by atoms with Crippen molar-refractivity contribution >= 4 is 0 Å². The second kappa shape index (κ2) is 6.59. The lowest BCUT2D eigenvalue weighted by molar-refractivity contribution is 0.0143. The first-order chi connectivity index (χ1) is 7.18. The summed E-state index contributed by atoms with van der Waals surface area (Å²) in [6.07, 6.45) is 0.285. The third-order valence-electron chi connectivity index (χ3n) is 2.07. The molecule has 0 aliphatic carbocycles. The quantitative estimate of drug-likeness (QED) is 0.669. The van der Waals surface area contributed by atoms with E-state index in [0.717, 1.165) is 0 Å². The largest absolute Gasteiger partial charge is 0.376 e. The Kier molecular flexibility index (Phi) is 5.37. The maximum atomic E-state index is 5.48. The van der Waals surface area contributed by atoms with Crippen LogP contribution < -0.4 is 0 Å². The standard InChI is InChI=1S/C13H20O2/c1-11(2)15-9-8-14-10-13-6-4-12(3)5-7-13/h4-7,11H,8-10H2,1-3H3. The molecule has 0 fully saturated rings. The molecule has 1 rings (SSSR count). The molecule has 0 unspecified atom stereocenters. The van der Waals surface area contributed by atoms with Crippen LogP contribution in [0, 0.1) is 6.92 Å². The minimum atomic E-state index is 0.285. The first-order valence-electron chi connectivity index (χ1n) is 5.43. The van der Waals surface area contributed by atoms with E-state index in [9.17, 15) is 0 Å². The van der Waals surface area contributed by atoms with Crippen molar-refractivity contribution in [3.05, 3.63) is 35.4 Å². The molecule has 0 aliphatic rings. The lowest BCUT2D eigenvalue weighted by Crippen LogP contribution is -2.09. The molecule has 84 valence electrons. The van der Waals surface area contributed by atoms with E-state index in [1.54, 1.807) is 0 Å². The molecule has 2 heteroatoms. The summed E-state index contributed by atoms with van der Waals surface area (Å²) in [6.45, 7) is 8.14. The maximum absolute atomic E-state index is 5.48. The Morgan fingerprint density at radius 1 is 1.07 bits per heavy atom. The van der Waals surface area contributed by atoms with Gasteiger partial charge in [0.15, 0.2) is 0 Å². The number of hydrogen-bond acceptors (Lipinski definition) is 2. The summed E-state index contributed by atoms with van der Waals surface area (Å²) in [5.41, 5.74) is 2.49. The average Bonchev–Trinajstić information content (AvgIpc) is 2.20. The Bertz CT molecular complexity index is 264. The van der Waals surface area contributed by atoms with Crippen molar-refractivity contribution in [3.8, 4) is 0 Å². The summed E-state index contributed by atoms with van der Waals surface area (Å²) < 4.78 is 10.9. The maximum Gasteiger partial charge on any atom is 0.0718 e. The fourth-order valence-corrected chi connectivity index (χ4v) is 1.22. The van der Waals surface area contributed by atoms with Crippen LogP contribution >= 0.6 is 0 Å². The number of benzene rings is 1. The monoisotopic (exact) mass is 208 g/mol. The third-order valence-corrected chi connectivity index (χ3v) is 2.07. The first-order valence-corrected chi connectivity index (χ1v) is 5.43. The summed E-state index contributed by atoms with van der Waals surface area (Å²) in [6, 6.07) is 8.39. The van der Waals surface area contributed by atoms with E-state index in [0.29, 0.717) is 19.8 Å². The Hall–Kier alpha value is -0.860. The smallest absolute Gasteiger partial charge is 0.0718 e. The summed E-state index contributed by atoms with van der Waals surface area (Å²) >= 11 is 0. The van der Waals surface area contributed by atoms with Gasteiger partial charge in [-0.2, -0.15) is 0 Å². The molecule has 0 aliphatic heterocycles. The van der Waals surface area contributed by atoms with Crippen molar-refractivity contribution < 1.29 is 9.47 Å². The van der Waals surface area contributed by atoms with Gasteiger partial charge in [-0.1, -0.05) is 29.8 Å². The van der Waals surface area contributed by atoms with Gasteiger partial charge in [0.2, 0.25) is 0 Å². The lowest BCUT2D eigenvalue weighted by atomic mass is 10.2. The molecule has 15 heavy (non-hydrogen) atoms. The zero-order valence-corrected chi connectivity index (χ0v) is 9.82. The van der Waals surface area contributed by atoms with Gasteiger partial charge in [0.1, 0.15) is 0 Å². The summed E-state index contributed by atoms with van der Waals surface area (Å²) in [5.74, 6) is 0. The molecular weight excluding hydrogens is 188 g/mol. The Labute approximate surface area is 92.2 Å². The van der Waals surface area contributed by atoms with Crippen LogP contribution in [-0.4, -0.2) is 19.3 Å². The van der Waals surface area contributed by atoms with E-state index in [2.05, 4.69) is 31.2 Å². The van der Waals surface area contributed by atoms with Crippen LogP contribution in [0.25, 0.3) is 0 Å². The molecule has 1 aromatic carbocycles. The fourth-order valence-electron chi connectivity index (χ4n) is 1.22. The molecule has 0 atom stereocenters. The molecule has 0 saturated heterocycles. The van der Waals surface area contributed by atoms with Crippen molar-refractivity contribution in [1.29, 1.82) is 0 Å². The number of rotatable bonds is 6. The van der Waals surface area contributed by atoms with Crippen LogP contribution in [0.1, 0.15) is 25.0 Å². The highest BCUT2D eigenvalue weighted by Crippen LogP contribution is 2.04. The Balaban J connectivity index is 2.12. The average molecular weight is 208 g/mol. The van der Waals surface area contributed by atoms with Crippen molar-refractivity contribution in [2.45, 2.75) is 33.5 Å². The van der Waals surface area contributed by atoms with Gasteiger partial charge in [0, 0.05) is 0 Å². The van der Waals surface area contributed by atoms with Crippen LogP contribution in [0.15, 0.2) is 24.3 Å². The van der Waals surface area contributed by atoms with Crippen molar-refractivity contribution in [3.63, 3.8) is 0 Å². The second-order valence-corrected chi connectivity index (χ2v) is 3.96. The van der Waals surface area contributed by atoms with Crippen molar-refractivity contribution in [2.24, 2.45) is 0 Å². The summed E-state index contributed by atoms with van der Waals surface area (Å²) in [5, 5.41) is 0. The van der Waals surface area contributed by atoms with Gasteiger partial charge in [-0.05, 0) is 26.3 Å². The Morgan fingerprint density at radius 2 is 1.73 bits per heavy atom. The van der Waals surface area contributed by atoms with Crippen molar-refractivity contribution in [2.75, 3.05) is 13.2 Å². The highest BCUT2D eigenvalue weighted by Gasteiger charge is 1.95. The number of ether oxygens (including phenoxy) is 2. The minimum absolute atomic E-state index is 0.285. The highest BCUT2D eigenvalue weighted by molar-refractivity contribution is 5.20. The van der Waals surface area contributed by atoms with E-state index in [1.807, 2.05) is 13.8 Å². The molecule has 0 amide bonds. The predicted molar refractivity (Wildman–Crippen MR) is 61.9 cm³/mol. The van der Waals surface area contributed by atoms with Gasteiger partial charge < -0.3 is 9.47 Å². The zero-order chi connectivity index (χ0) is 11.1. The highest BCUT2D eigenvalue weighted by atomic mass is 16.5. The van der Waals surface area contributed by atoms with E-state index in [4.69, 9.17) is 9.47 Å². The van der Waals surface area contributed by atoms with Gasteiger partial charge in [-0.15, -0.1) is 0 Å². The van der Waals surface area contributed by atoms with E-state index in [-0.39, 0.29) is 6.10 Å². The molecule has 0 N–H and O–H groups in total.